The molecule has 1 aromatic carbocycles. The summed E-state index contributed by atoms with van der Waals surface area (Å²) < 4.78 is 0. The topological polar surface area (TPSA) is 16.6 Å². The van der Waals surface area contributed by atoms with Crippen LogP contribution in [0.3, 0.4) is 0 Å². The molecule has 2 N–H and O–H groups in total. The number of rotatable bonds is 1. The highest BCUT2D eigenvalue weighted by molar-refractivity contribution is 6.42. The number of hydrogen-bond acceptors (Lipinski definition) is 0. The fraction of sp³-hybridized carbons (Fsp3) is 0.400. The summed E-state index contributed by atoms with van der Waals surface area (Å²) in [5.74, 6) is 0. The predicted molar refractivity (Wildman–Crippen MR) is 55.2 cm³/mol. The van der Waals surface area contributed by atoms with Crippen LogP contribution in [-0.4, -0.2) is 6.54 Å². The molecule has 1 nitrogen and oxygen atoms in total. The zero-order valence-corrected chi connectivity index (χ0v) is 8.78. The summed E-state index contributed by atoms with van der Waals surface area (Å²) in [5.41, 5.74) is 1.30. The molecule has 1 fully saturated rings. The van der Waals surface area contributed by atoms with Gasteiger partial charge in [0.05, 0.1) is 16.6 Å². The van der Waals surface area contributed by atoms with E-state index in [0.717, 1.165) is 0 Å². The van der Waals surface area contributed by atoms with E-state index in [4.69, 9.17) is 23.2 Å². The number of quaternary nitrogens is 1. The largest absolute Gasteiger partial charge is 0.340 e. The van der Waals surface area contributed by atoms with Crippen molar-refractivity contribution in [1.82, 2.24) is 0 Å². The second-order valence-electron chi connectivity index (χ2n) is 3.45. The lowest BCUT2D eigenvalue weighted by Gasteiger charge is -2.07. The van der Waals surface area contributed by atoms with Crippen LogP contribution in [-0.2, 0) is 0 Å². The van der Waals surface area contributed by atoms with Crippen LogP contribution in [0.2, 0.25) is 10.0 Å². The number of benzene rings is 1. The van der Waals surface area contributed by atoms with Gasteiger partial charge in [0.25, 0.3) is 0 Å². The third kappa shape index (κ3) is 1.98. The average Bonchev–Trinajstić information content (AvgIpc) is 2.62. The third-order valence-corrected chi connectivity index (χ3v) is 3.28. The minimum atomic E-state index is 0.592. The first-order chi connectivity index (χ1) is 6.27. The van der Waals surface area contributed by atoms with Crippen molar-refractivity contribution >= 4 is 23.2 Å². The summed E-state index contributed by atoms with van der Waals surface area (Å²) >= 11 is 11.8. The monoisotopic (exact) mass is 216 g/mol. The van der Waals surface area contributed by atoms with Gasteiger partial charge in [-0.1, -0.05) is 29.3 Å². The summed E-state index contributed by atoms with van der Waals surface area (Å²) in [6, 6.07) is 6.53. The Bertz CT molecular complexity index is 306. The third-order valence-electron chi connectivity index (χ3n) is 2.54. The van der Waals surface area contributed by atoms with Gasteiger partial charge in [0.1, 0.15) is 6.04 Å². The first-order valence-corrected chi connectivity index (χ1v) is 5.31. The number of hydrogen-bond donors (Lipinski definition) is 1. The first-order valence-electron chi connectivity index (χ1n) is 4.55. The second kappa shape index (κ2) is 3.87. The molecule has 0 amide bonds. The van der Waals surface area contributed by atoms with Crippen molar-refractivity contribution in [2.24, 2.45) is 0 Å². The van der Waals surface area contributed by atoms with Crippen LogP contribution in [0.4, 0.5) is 0 Å². The molecular weight excluding hydrogens is 205 g/mol. The standard InChI is InChI=1S/C10H11Cl2N/c11-8-4-3-7(6-9(8)12)10-2-1-5-13-10/h3-4,6,10,13H,1-2,5H2/p+1/t10-/m0/s1. The highest BCUT2D eigenvalue weighted by Crippen LogP contribution is 2.26. The van der Waals surface area contributed by atoms with E-state index in [1.165, 1.54) is 24.9 Å². The zero-order chi connectivity index (χ0) is 9.26. The Morgan fingerprint density at radius 1 is 1.23 bits per heavy atom. The molecule has 13 heavy (non-hydrogen) atoms. The molecule has 0 saturated carbocycles. The van der Waals surface area contributed by atoms with Crippen molar-refractivity contribution in [3.8, 4) is 0 Å². The fourth-order valence-electron chi connectivity index (χ4n) is 1.82. The Balaban J connectivity index is 2.25. The molecule has 2 rings (SSSR count). The van der Waals surface area contributed by atoms with Crippen molar-refractivity contribution in [2.75, 3.05) is 6.54 Å². The predicted octanol–water partition coefficient (Wildman–Crippen LogP) is 2.39. The molecule has 0 unspecified atom stereocenters. The lowest BCUT2D eigenvalue weighted by molar-refractivity contribution is -0.676. The molecule has 1 aliphatic heterocycles. The van der Waals surface area contributed by atoms with Crippen molar-refractivity contribution in [2.45, 2.75) is 18.9 Å². The molecule has 0 spiro atoms. The Kier molecular flexibility index (Phi) is 2.77. The Hall–Kier alpha value is -0.240. The van der Waals surface area contributed by atoms with E-state index >= 15 is 0 Å². The Morgan fingerprint density at radius 2 is 2.08 bits per heavy atom. The summed E-state index contributed by atoms with van der Waals surface area (Å²) in [5, 5.41) is 3.67. The van der Waals surface area contributed by atoms with Gasteiger partial charge < -0.3 is 5.32 Å². The van der Waals surface area contributed by atoms with E-state index in [-0.39, 0.29) is 0 Å². The van der Waals surface area contributed by atoms with E-state index in [1.807, 2.05) is 12.1 Å². The maximum Gasteiger partial charge on any atom is 0.112 e. The van der Waals surface area contributed by atoms with Gasteiger partial charge >= 0.3 is 0 Å². The average molecular weight is 217 g/mol. The van der Waals surface area contributed by atoms with Crippen molar-refractivity contribution in [3.63, 3.8) is 0 Å². The number of nitrogens with two attached hydrogens (primary N) is 1. The Labute approximate surface area is 88.0 Å². The van der Waals surface area contributed by atoms with E-state index in [2.05, 4.69) is 11.4 Å². The molecule has 0 aromatic heterocycles. The molecule has 1 aromatic rings. The van der Waals surface area contributed by atoms with Crippen LogP contribution in [0.15, 0.2) is 18.2 Å². The van der Waals surface area contributed by atoms with Crippen LogP contribution >= 0.6 is 23.2 Å². The summed E-state index contributed by atoms with van der Waals surface area (Å²) in [4.78, 5) is 0. The molecule has 1 aliphatic rings. The van der Waals surface area contributed by atoms with E-state index in [9.17, 15) is 0 Å². The lowest BCUT2D eigenvalue weighted by atomic mass is 10.1. The highest BCUT2D eigenvalue weighted by atomic mass is 35.5. The quantitative estimate of drug-likeness (QED) is 0.743. The smallest absolute Gasteiger partial charge is 0.112 e. The van der Waals surface area contributed by atoms with Crippen molar-refractivity contribution in [3.05, 3.63) is 33.8 Å². The van der Waals surface area contributed by atoms with Gasteiger partial charge in [0.2, 0.25) is 0 Å². The van der Waals surface area contributed by atoms with Crippen LogP contribution in [0.5, 0.6) is 0 Å². The van der Waals surface area contributed by atoms with Gasteiger partial charge in [-0.3, -0.25) is 0 Å². The SMILES string of the molecule is Clc1ccc([C@@H]2CCC[NH2+]2)cc1Cl. The van der Waals surface area contributed by atoms with Crippen LogP contribution in [0.25, 0.3) is 0 Å². The minimum Gasteiger partial charge on any atom is -0.340 e. The lowest BCUT2D eigenvalue weighted by Crippen LogP contribution is -2.81. The molecule has 70 valence electrons. The highest BCUT2D eigenvalue weighted by Gasteiger charge is 2.20. The van der Waals surface area contributed by atoms with Gasteiger partial charge in [0, 0.05) is 18.4 Å². The van der Waals surface area contributed by atoms with E-state index in [0.29, 0.717) is 16.1 Å². The molecule has 0 bridgehead atoms. The van der Waals surface area contributed by atoms with Crippen LogP contribution in [0, 0.1) is 0 Å². The van der Waals surface area contributed by atoms with Gasteiger partial charge in [-0.15, -0.1) is 0 Å². The number of halogens is 2. The molecule has 0 aliphatic carbocycles. The minimum absolute atomic E-state index is 0.592. The van der Waals surface area contributed by atoms with Crippen LogP contribution < -0.4 is 5.32 Å². The molecule has 1 atom stereocenters. The summed E-state index contributed by atoms with van der Waals surface area (Å²) in [6.07, 6.45) is 2.54. The Morgan fingerprint density at radius 3 is 2.69 bits per heavy atom. The van der Waals surface area contributed by atoms with Crippen molar-refractivity contribution in [1.29, 1.82) is 0 Å². The molecular formula is C10H12Cl2N+. The van der Waals surface area contributed by atoms with Gasteiger partial charge in [-0.2, -0.15) is 0 Å². The maximum absolute atomic E-state index is 5.95. The van der Waals surface area contributed by atoms with Gasteiger partial charge in [-0.05, 0) is 12.1 Å². The summed E-state index contributed by atoms with van der Waals surface area (Å²) in [7, 11) is 0. The van der Waals surface area contributed by atoms with E-state index in [1.54, 1.807) is 0 Å². The normalized spacial score (nSPS) is 22.2. The van der Waals surface area contributed by atoms with Crippen molar-refractivity contribution < 1.29 is 5.32 Å². The van der Waals surface area contributed by atoms with Gasteiger partial charge in [0.15, 0.2) is 0 Å². The van der Waals surface area contributed by atoms with Crippen LogP contribution in [0.1, 0.15) is 24.4 Å². The second-order valence-corrected chi connectivity index (χ2v) is 4.26. The summed E-state index contributed by atoms with van der Waals surface area (Å²) in [6.45, 7) is 1.23. The fourth-order valence-corrected chi connectivity index (χ4v) is 2.13. The molecule has 3 heteroatoms. The zero-order valence-electron chi connectivity index (χ0n) is 7.26. The maximum atomic E-state index is 5.95. The first kappa shape index (κ1) is 9.32. The molecule has 1 saturated heterocycles. The van der Waals surface area contributed by atoms with E-state index < -0.39 is 0 Å². The van der Waals surface area contributed by atoms with Gasteiger partial charge in [-0.25, -0.2) is 0 Å². The molecule has 1 heterocycles. The molecule has 0 radical (unpaired) electrons.